The van der Waals surface area contributed by atoms with Crippen LogP contribution >= 0.6 is 0 Å². The van der Waals surface area contributed by atoms with Crippen molar-refractivity contribution >= 4 is 35.0 Å². The molecule has 3 aromatic heterocycles. The number of amides is 3. The number of aromatic nitrogens is 4. The van der Waals surface area contributed by atoms with Gasteiger partial charge in [0.2, 0.25) is 11.8 Å². The highest BCUT2D eigenvalue weighted by Crippen LogP contribution is 2.36. The highest BCUT2D eigenvalue weighted by Gasteiger charge is 2.39. The standard InChI is InChI=1S/C38H35FN8O3/c39-27-5-1-4-25(18-27)30-7-3-15-45(30)35-13-12-33-40-19-32(47(33)43-35)29-6-2-8-34(41-29)44-20-24(21-44)16-23-9-10-28-26(17-23)22-46(38(28)50)31-11-14-36(48)42-37(31)49/h1-2,4-6,8-10,12-13,17-19,24,30-31H,3,7,11,14-16,20-22H2,(H,42,48,49)/t30-,31?/m1/s1. The number of rotatable bonds is 7. The summed E-state index contributed by atoms with van der Waals surface area (Å²) in [6.45, 7) is 2.95. The van der Waals surface area contributed by atoms with Crippen LogP contribution in [0.25, 0.3) is 17.0 Å². The second kappa shape index (κ2) is 12.0. The number of imidazole rings is 1. The number of halogens is 1. The lowest BCUT2D eigenvalue weighted by atomic mass is 9.91. The molecule has 12 heteroatoms. The van der Waals surface area contributed by atoms with Crippen LogP contribution in [0, 0.1) is 11.7 Å². The van der Waals surface area contributed by atoms with Crippen LogP contribution in [0.5, 0.6) is 0 Å². The highest BCUT2D eigenvalue weighted by molar-refractivity contribution is 6.05. The van der Waals surface area contributed by atoms with Crippen molar-refractivity contribution in [2.75, 3.05) is 29.4 Å². The van der Waals surface area contributed by atoms with Crippen molar-refractivity contribution in [3.05, 3.63) is 107 Å². The van der Waals surface area contributed by atoms with Crippen LogP contribution in [0.1, 0.15) is 58.8 Å². The minimum atomic E-state index is -0.609. The number of nitrogens with one attached hydrogen (secondary N) is 1. The van der Waals surface area contributed by atoms with Crippen LogP contribution in [-0.2, 0) is 22.6 Å². The number of imide groups is 1. The van der Waals surface area contributed by atoms with Gasteiger partial charge in [-0.05, 0) is 90.8 Å². The molecule has 1 N–H and O–H groups in total. The quantitative estimate of drug-likeness (QED) is 0.248. The van der Waals surface area contributed by atoms with Gasteiger partial charge in [-0.3, -0.25) is 19.7 Å². The Hall–Kier alpha value is -5.65. The number of carbonyl (C=O) groups is 3. The monoisotopic (exact) mass is 670 g/mol. The molecule has 0 aliphatic carbocycles. The van der Waals surface area contributed by atoms with Crippen molar-refractivity contribution in [2.24, 2.45) is 5.92 Å². The maximum atomic E-state index is 14.0. The summed E-state index contributed by atoms with van der Waals surface area (Å²) in [6, 6.07) is 22.3. The largest absolute Gasteiger partial charge is 0.356 e. The SMILES string of the molecule is O=C1CCC(N2Cc3cc(CC4CN(c5cccc(-c6cnc7ccc(N8CCC[C@@H]8c8cccc(F)c8)nn67)n5)C4)ccc3C2=O)C(=O)N1. The van der Waals surface area contributed by atoms with Gasteiger partial charge >= 0.3 is 0 Å². The molecule has 11 nitrogen and oxygen atoms in total. The van der Waals surface area contributed by atoms with Crippen LogP contribution in [0.2, 0.25) is 0 Å². The van der Waals surface area contributed by atoms with Gasteiger partial charge in [0.15, 0.2) is 5.65 Å². The molecule has 3 fully saturated rings. The lowest BCUT2D eigenvalue weighted by Gasteiger charge is -2.40. The van der Waals surface area contributed by atoms with Crippen molar-refractivity contribution in [3.63, 3.8) is 0 Å². The smallest absolute Gasteiger partial charge is 0.255 e. The van der Waals surface area contributed by atoms with Crippen LogP contribution in [-0.4, -0.2) is 67.9 Å². The Labute approximate surface area is 287 Å². The molecule has 0 bridgehead atoms. The van der Waals surface area contributed by atoms with E-state index in [0.29, 0.717) is 24.4 Å². The molecule has 9 rings (SSSR count). The van der Waals surface area contributed by atoms with E-state index in [-0.39, 0.29) is 30.1 Å². The van der Waals surface area contributed by atoms with E-state index < -0.39 is 11.9 Å². The molecule has 0 radical (unpaired) electrons. The van der Waals surface area contributed by atoms with E-state index >= 15 is 0 Å². The molecule has 7 heterocycles. The summed E-state index contributed by atoms with van der Waals surface area (Å²) in [5.74, 6) is 1.10. The zero-order valence-corrected chi connectivity index (χ0v) is 27.3. The number of carbonyl (C=O) groups excluding carboxylic acids is 3. The summed E-state index contributed by atoms with van der Waals surface area (Å²) in [6.07, 6.45) is 5.24. The summed E-state index contributed by atoms with van der Waals surface area (Å²) >= 11 is 0. The maximum absolute atomic E-state index is 14.0. The first-order valence-electron chi connectivity index (χ1n) is 17.2. The molecule has 3 amide bonds. The Bertz CT molecular complexity index is 2180. The number of fused-ring (bicyclic) bond motifs is 2. The zero-order chi connectivity index (χ0) is 33.9. The average molecular weight is 671 g/mol. The number of nitrogens with zero attached hydrogens (tertiary/aromatic N) is 7. The van der Waals surface area contributed by atoms with Crippen LogP contribution < -0.4 is 15.1 Å². The molecule has 50 heavy (non-hydrogen) atoms. The van der Waals surface area contributed by atoms with Gasteiger partial charge in [0.05, 0.1) is 17.9 Å². The molecule has 4 aliphatic rings. The third-order valence-corrected chi connectivity index (χ3v) is 10.5. The molecule has 0 saturated carbocycles. The first-order chi connectivity index (χ1) is 24.4. The molecule has 4 aliphatic heterocycles. The third kappa shape index (κ3) is 5.35. The lowest BCUT2D eigenvalue weighted by Crippen LogP contribution is -2.52. The fraction of sp³-hybridized carbons (Fsp3) is 0.316. The number of anilines is 2. The maximum Gasteiger partial charge on any atom is 0.255 e. The Kier molecular flexibility index (Phi) is 7.32. The van der Waals surface area contributed by atoms with Crippen molar-refractivity contribution < 1.29 is 18.8 Å². The fourth-order valence-corrected chi connectivity index (χ4v) is 8.01. The number of hydrogen-bond acceptors (Lipinski definition) is 8. The van der Waals surface area contributed by atoms with Crippen molar-refractivity contribution in [1.82, 2.24) is 29.8 Å². The number of hydrogen-bond donors (Lipinski definition) is 1. The molecule has 0 spiro atoms. The molecule has 2 atom stereocenters. The molecular weight excluding hydrogens is 635 g/mol. The Morgan fingerprint density at radius 3 is 2.62 bits per heavy atom. The summed E-state index contributed by atoms with van der Waals surface area (Å²) < 4.78 is 15.9. The van der Waals surface area contributed by atoms with E-state index in [9.17, 15) is 18.8 Å². The Morgan fingerprint density at radius 1 is 0.880 bits per heavy atom. The minimum Gasteiger partial charge on any atom is -0.356 e. The van der Waals surface area contributed by atoms with Gasteiger partial charge < -0.3 is 14.7 Å². The normalized spacial score (nSPS) is 20.8. The Balaban J connectivity index is 0.876. The van der Waals surface area contributed by atoms with Gasteiger partial charge in [0, 0.05) is 38.2 Å². The van der Waals surface area contributed by atoms with Gasteiger partial charge in [-0.1, -0.05) is 30.3 Å². The molecule has 3 saturated heterocycles. The van der Waals surface area contributed by atoms with Crippen LogP contribution in [0.3, 0.4) is 0 Å². The fourth-order valence-electron chi connectivity index (χ4n) is 8.01. The van der Waals surface area contributed by atoms with Gasteiger partial charge in [-0.15, -0.1) is 5.10 Å². The highest BCUT2D eigenvalue weighted by atomic mass is 19.1. The average Bonchev–Trinajstić information content (AvgIpc) is 3.84. The van der Waals surface area contributed by atoms with Gasteiger partial charge in [0.1, 0.15) is 29.2 Å². The first-order valence-corrected chi connectivity index (χ1v) is 17.2. The Morgan fingerprint density at radius 2 is 1.76 bits per heavy atom. The lowest BCUT2D eigenvalue weighted by molar-refractivity contribution is -0.136. The van der Waals surface area contributed by atoms with Crippen LogP contribution in [0.4, 0.5) is 16.0 Å². The summed E-state index contributed by atoms with van der Waals surface area (Å²) in [4.78, 5) is 52.8. The minimum absolute atomic E-state index is 0.0651. The second-order valence-electron chi connectivity index (χ2n) is 13.8. The van der Waals surface area contributed by atoms with E-state index in [0.717, 1.165) is 78.7 Å². The van der Waals surface area contributed by atoms with Crippen molar-refractivity contribution in [2.45, 2.75) is 50.7 Å². The topological polar surface area (TPSA) is 116 Å². The molecule has 2 aromatic carbocycles. The van der Waals surface area contributed by atoms with E-state index in [1.807, 2.05) is 59.2 Å². The van der Waals surface area contributed by atoms with E-state index in [1.54, 1.807) is 17.0 Å². The van der Waals surface area contributed by atoms with E-state index in [1.165, 1.54) is 11.6 Å². The number of piperidine rings is 1. The third-order valence-electron chi connectivity index (χ3n) is 10.5. The molecule has 252 valence electrons. The second-order valence-corrected chi connectivity index (χ2v) is 13.8. The first kappa shape index (κ1) is 30.4. The van der Waals surface area contributed by atoms with Gasteiger partial charge in [-0.2, -0.15) is 0 Å². The predicted molar refractivity (Wildman–Crippen MR) is 184 cm³/mol. The summed E-state index contributed by atoms with van der Waals surface area (Å²) in [7, 11) is 0. The van der Waals surface area contributed by atoms with Crippen LogP contribution in [0.15, 0.2) is 79.0 Å². The van der Waals surface area contributed by atoms with E-state index in [2.05, 4.69) is 26.2 Å². The number of benzene rings is 2. The predicted octanol–water partition coefficient (Wildman–Crippen LogP) is 4.71. The molecular formula is C38H35FN8O3. The number of pyridine rings is 1. The van der Waals surface area contributed by atoms with E-state index in [4.69, 9.17) is 10.1 Å². The zero-order valence-electron chi connectivity index (χ0n) is 27.3. The van der Waals surface area contributed by atoms with Crippen molar-refractivity contribution in [1.29, 1.82) is 0 Å². The van der Waals surface area contributed by atoms with Gasteiger partial charge in [-0.25, -0.2) is 18.9 Å². The van der Waals surface area contributed by atoms with Crippen molar-refractivity contribution in [3.8, 4) is 11.4 Å². The summed E-state index contributed by atoms with van der Waals surface area (Å²) in [5.41, 5.74) is 6.02. The van der Waals surface area contributed by atoms with Gasteiger partial charge in [0.25, 0.3) is 5.91 Å². The molecule has 1 unspecified atom stereocenters. The summed E-state index contributed by atoms with van der Waals surface area (Å²) in [5, 5.41) is 7.37. The molecule has 5 aromatic rings.